The van der Waals surface area contributed by atoms with Crippen LogP contribution in [0, 0.1) is 0 Å². The number of nitrogens with zero attached hydrogens (tertiary/aromatic N) is 4. The maximum Gasteiger partial charge on any atom is 0.315 e. The standard InChI is InChI=1S/C14H17N5O2/c1-8-5-11-10(6-18(8)14(15)20)13-12-9(7-21-17-12)3-2-4-19(13)16-11/h7-8H,2-6H2,1H3,(H2,15,20). The van der Waals surface area contributed by atoms with Gasteiger partial charge in [-0.25, -0.2) is 4.79 Å². The molecule has 1 atom stereocenters. The smallest absolute Gasteiger partial charge is 0.315 e. The van der Waals surface area contributed by atoms with Crippen molar-refractivity contribution in [1.82, 2.24) is 19.8 Å². The number of aromatic nitrogens is 3. The Labute approximate surface area is 121 Å². The molecule has 2 aromatic heterocycles. The van der Waals surface area contributed by atoms with E-state index in [1.165, 1.54) is 0 Å². The van der Waals surface area contributed by atoms with Crippen molar-refractivity contribution in [2.75, 3.05) is 0 Å². The molecule has 2 aromatic rings. The zero-order chi connectivity index (χ0) is 14.6. The van der Waals surface area contributed by atoms with Crippen molar-refractivity contribution < 1.29 is 9.32 Å². The van der Waals surface area contributed by atoms with Crippen LogP contribution in [-0.4, -0.2) is 31.9 Å². The molecule has 4 rings (SSSR count). The average molecular weight is 287 g/mol. The van der Waals surface area contributed by atoms with Crippen LogP contribution in [0.25, 0.3) is 11.4 Å². The minimum absolute atomic E-state index is 0.0749. The van der Waals surface area contributed by atoms with Crippen LogP contribution >= 0.6 is 0 Å². The summed E-state index contributed by atoms with van der Waals surface area (Å²) >= 11 is 0. The quantitative estimate of drug-likeness (QED) is 0.791. The van der Waals surface area contributed by atoms with Crippen LogP contribution in [0.3, 0.4) is 0 Å². The van der Waals surface area contributed by atoms with Gasteiger partial charge in [-0.15, -0.1) is 0 Å². The van der Waals surface area contributed by atoms with E-state index >= 15 is 0 Å². The summed E-state index contributed by atoms with van der Waals surface area (Å²) in [5.74, 6) is 0. The summed E-state index contributed by atoms with van der Waals surface area (Å²) in [6.45, 7) is 3.36. The first-order chi connectivity index (χ1) is 10.1. The fourth-order valence-corrected chi connectivity index (χ4v) is 3.37. The fourth-order valence-electron chi connectivity index (χ4n) is 3.37. The second kappa shape index (κ2) is 4.34. The monoisotopic (exact) mass is 287 g/mol. The normalized spacial score (nSPS) is 20.4. The van der Waals surface area contributed by atoms with Crippen molar-refractivity contribution >= 4 is 6.03 Å². The number of hydrogen-bond donors (Lipinski definition) is 1. The molecule has 110 valence electrons. The molecule has 2 aliphatic rings. The van der Waals surface area contributed by atoms with Crippen molar-refractivity contribution in [2.45, 2.75) is 45.3 Å². The minimum atomic E-state index is -0.387. The van der Waals surface area contributed by atoms with Crippen LogP contribution in [0.15, 0.2) is 10.8 Å². The van der Waals surface area contributed by atoms with Crippen LogP contribution in [0.4, 0.5) is 4.79 Å². The third-order valence-corrected chi connectivity index (χ3v) is 4.45. The van der Waals surface area contributed by atoms with Crippen LogP contribution < -0.4 is 5.73 Å². The summed E-state index contributed by atoms with van der Waals surface area (Å²) in [6.07, 6.45) is 4.39. The second-order valence-electron chi connectivity index (χ2n) is 5.81. The average Bonchev–Trinajstić information content (AvgIpc) is 2.98. The van der Waals surface area contributed by atoms with Crippen molar-refractivity contribution in [3.8, 4) is 11.4 Å². The molecule has 1 unspecified atom stereocenters. The van der Waals surface area contributed by atoms with E-state index in [1.54, 1.807) is 11.2 Å². The lowest BCUT2D eigenvalue weighted by Gasteiger charge is -2.31. The largest absolute Gasteiger partial charge is 0.364 e. The Morgan fingerprint density at radius 1 is 1.52 bits per heavy atom. The lowest BCUT2D eigenvalue weighted by atomic mass is 9.98. The SMILES string of the molecule is CC1Cc2nn3c(c2CN1C(N)=O)-c1nocc1CCC3. The van der Waals surface area contributed by atoms with Crippen LogP contribution in [0.1, 0.15) is 30.2 Å². The summed E-state index contributed by atoms with van der Waals surface area (Å²) < 4.78 is 7.15. The van der Waals surface area contributed by atoms with Gasteiger partial charge < -0.3 is 15.2 Å². The molecule has 0 saturated heterocycles. The number of nitrogens with two attached hydrogens (primary N) is 1. The summed E-state index contributed by atoms with van der Waals surface area (Å²) in [6, 6.07) is -0.312. The highest BCUT2D eigenvalue weighted by molar-refractivity contribution is 5.74. The van der Waals surface area contributed by atoms with Gasteiger partial charge in [0.15, 0.2) is 0 Å². The van der Waals surface area contributed by atoms with E-state index in [0.29, 0.717) is 6.54 Å². The van der Waals surface area contributed by atoms with E-state index in [1.807, 2.05) is 11.6 Å². The number of rotatable bonds is 0. The van der Waals surface area contributed by atoms with Crippen LogP contribution in [0.2, 0.25) is 0 Å². The predicted molar refractivity (Wildman–Crippen MR) is 74.3 cm³/mol. The summed E-state index contributed by atoms with van der Waals surface area (Å²) in [5.41, 5.74) is 10.6. The van der Waals surface area contributed by atoms with E-state index in [2.05, 4.69) is 5.16 Å². The Balaban J connectivity index is 1.87. The van der Waals surface area contributed by atoms with Gasteiger partial charge in [-0.1, -0.05) is 5.16 Å². The molecule has 0 aliphatic carbocycles. The maximum absolute atomic E-state index is 11.6. The van der Waals surface area contributed by atoms with Gasteiger partial charge >= 0.3 is 6.03 Å². The molecule has 2 amide bonds. The predicted octanol–water partition coefficient (Wildman–Crippen LogP) is 1.31. The van der Waals surface area contributed by atoms with Gasteiger partial charge in [-0.05, 0) is 19.8 Å². The minimum Gasteiger partial charge on any atom is -0.364 e. The summed E-state index contributed by atoms with van der Waals surface area (Å²) in [4.78, 5) is 13.3. The van der Waals surface area contributed by atoms with Crippen LogP contribution in [0.5, 0.6) is 0 Å². The number of fused-ring (bicyclic) bond motifs is 5. The third-order valence-electron chi connectivity index (χ3n) is 4.45. The summed E-state index contributed by atoms with van der Waals surface area (Å²) in [5, 5.41) is 8.89. The van der Waals surface area contributed by atoms with Crippen molar-refractivity contribution in [3.05, 3.63) is 23.1 Å². The number of urea groups is 1. The Morgan fingerprint density at radius 2 is 2.38 bits per heavy atom. The van der Waals surface area contributed by atoms with E-state index < -0.39 is 0 Å². The molecule has 2 aliphatic heterocycles. The molecule has 2 N–H and O–H groups in total. The molecule has 0 aromatic carbocycles. The van der Waals surface area contributed by atoms with E-state index in [-0.39, 0.29) is 12.1 Å². The second-order valence-corrected chi connectivity index (χ2v) is 5.81. The molecule has 7 heteroatoms. The number of carbonyl (C=O) groups excluding carboxylic acids is 1. The molecular weight excluding hydrogens is 270 g/mol. The Bertz CT molecular complexity index is 717. The molecule has 0 radical (unpaired) electrons. The van der Waals surface area contributed by atoms with Gasteiger partial charge in [0.25, 0.3) is 0 Å². The van der Waals surface area contributed by atoms with Gasteiger partial charge in [0, 0.05) is 30.1 Å². The molecule has 7 nitrogen and oxygen atoms in total. The number of amides is 2. The topological polar surface area (TPSA) is 90.2 Å². The highest BCUT2D eigenvalue weighted by Gasteiger charge is 2.33. The van der Waals surface area contributed by atoms with Gasteiger partial charge in [-0.2, -0.15) is 5.10 Å². The maximum atomic E-state index is 11.6. The number of aryl methyl sites for hydroxylation is 2. The van der Waals surface area contributed by atoms with Crippen molar-refractivity contribution in [1.29, 1.82) is 0 Å². The van der Waals surface area contributed by atoms with E-state index in [4.69, 9.17) is 15.4 Å². The Hall–Kier alpha value is -2.31. The Morgan fingerprint density at radius 3 is 3.19 bits per heavy atom. The van der Waals surface area contributed by atoms with Gasteiger partial charge in [0.05, 0.1) is 17.9 Å². The van der Waals surface area contributed by atoms with Crippen LogP contribution in [-0.2, 0) is 25.9 Å². The molecule has 4 heterocycles. The first kappa shape index (κ1) is 12.4. The molecular formula is C14H17N5O2. The fraction of sp³-hybridized carbons (Fsp3) is 0.500. The Kier molecular flexibility index (Phi) is 2.57. The number of hydrogen-bond acceptors (Lipinski definition) is 4. The first-order valence-corrected chi connectivity index (χ1v) is 7.23. The first-order valence-electron chi connectivity index (χ1n) is 7.23. The summed E-state index contributed by atoms with van der Waals surface area (Å²) in [7, 11) is 0. The number of carbonyl (C=O) groups is 1. The highest BCUT2D eigenvalue weighted by Crippen LogP contribution is 2.35. The van der Waals surface area contributed by atoms with Crippen molar-refractivity contribution in [2.24, 2.45) is 5.73 Å². The van der Waals surface area contributed by atoms with Crippen molar-refractivity contribution in [3.63, 3.8) is 0 Å². The molecule has 21 heavy (non-hydrogen) atoms. The third kappa shape index (κ3) is 1.76. The molecule has 0 fully saturated rings. The highest BCUT2D eigenvalue weighted by atomic mass is 16.5. The zero-order valence-corrected chi connectivity index (χ0v) is 11.9. The van der Waals surface area contributed by atoms with E-state index in [9.17, 15) is 4.79 Å². The zero-order valence-electron chi connectivity index (χ0n) is 11.9. The molecule has 0 spiro atoms. The molecule has 0 bridgehead atoms. The number of primary amides is 1. The molecule has 0 saturated carbocycles. The van der Waals surface area contributed by atoms with E-state index in [0.717, 1.165) is 54.0 Å². The van der Waals surface area contributed by atoms with Gasteiger partial charge in [0.2, 0.25) is 0 Å². The lowest BCUT2D eigenvalue weighted by Crippen LogP contribution is -2.45. The van der Waals surface area contributed by atoms with Gasteiger partial charge in [-0.3, -0.25) is 4.68 Å². The van der Waals surface area contributed by atoms with Gasteiger partial charge in [0.1, 0.15) is 12.0 Å². The lowest BCUT2D eigenvalue weighted by molar-refractivity contribution is 0.178.